The number of nitrogens with one attached hydrogen (secondary N) is 4. The van der Waals surface area contributed by atoms with Gasteiger partial charge in [0.05, 0.1) is 6.54 Å². The Labute approximate surface area is 267 Å². The molecule has 0 aliphatic carbocycles. The van der Waals surface area contributed by atoms with E-state index in [1.165, 1.54) is 4.90 Å². The number of carbonyl (C=O) groups excluding carboxylic acids is 5. The molecule has 9 N–H and O–H groups in total. The van der Waals surface area contributed by atoms with Crippen LogP contribution in [0.25, 0.3) is 0 Å². The molecule has 1 heterocycles. The van der Waals surface area contributed by atoms with E-state index in [1.54, 1.807) is 24.3 Å². The number of carbonyl (C=O) groups is 6. The van der Waals surface area contributed by atoms with E-state index in [2.05, 4.69) is 38.9 Å². The lowest BCUT2D eigenvalue weighted by atomic mass is 10.0. The number of nitrogens with two attached hydrogens (primary N) is 2. The van der Waals surface area contributed by atoms with Gasteiger partial charge in [-0.25, -0.2) is 4.79 Å². The van der Waals surface area contributed by atoms with Crippen LogP contribution < -0.4 is 32.7 Å². The summed E-state index contributed by atoms with van der Waals surface area (Å²) in [6, 6.07) is 4.58. The molecule has 1 aliphatic heterocycles. The molecule has 5 amide bonds. The van der Waals surface area contributed by atoms with E-state index < -0.39 is 53.8 Å². The van der Waals surface area contributed by atoms with Crippen LogP contribution in [0.1, 0.15) is 51.0 Å². The molecule has 0 bridgehead atoms. The maximum atomic E-state index is 13.9. The Balaban J connectivity index is 2.16. The van der Waals surface area contributed by atoms with Gasteiger partial charge in [-0.3, -0.25) is 29.0 Å². The molecule has 15 nitrogen and oxygen atoms in total. The van der Waals surface area contributed by atoms with E-state index in [0.29, 0.717) is 25.7 Å². The van der Waals surface area contributed by atoms with Crippen LogP contribution >= 0.6 is 12.6 Å². The highest BCUT2D eigenvalue weighted by atomic mass is 32.1. The summed E-state index contributed by atoms with van der Waals surface area (Å²) >= 11 is 4.18. The highest BCUT2D eigenvalue weighted by molar-refractivity contribution is 7.80. The number of nitrogens with zero attached hydrogens (tertiary/aromatic N) is 2. The van der Waals surface area contributed by atoms with Crippen molar-refractivity contribution in [3.63, 3.8) is 0 Å². The number of carboxylic acid groups (broad SMARTS) is 1. The summed E-state index contributed by atoms with van der Waals surface area (Å²) in [7, 11) is 0. The van der Waals surface area contributed by atoms with Gasteiger partial charge in [-0.2, -0.15) is 12.6 Å². The molecule has 16 heteroatoms. The van der Waals surface area contributed by atoms with Gasteiger partial charge in [-0.05, 0) is 37.7 Å². The third-order valence-electron chi connectivity index (χ3n) is 7.05. The van der Waals surface area contributed by atoms with Gasteiger partial charge in [0.15, 0.2) is 5.96 Å². The van der Waals surface area contributed by atoms with E-state index >= 15 is 0 Å². The Bertz CT molecular complexity index is 1210. The van der Waals surface area contributed by atoms with Gasteiger partial charge in [0.25, 0.3) is 0 Å². The minimum Gasteiger partial charge on any atom is -0.480 e. The molecule has 0 unspecified atom stereocenters. The number of hydrogen-bond donors (Lipinski definition) is 8. The predicted molar refractivity (Wildman–Crippen MR) is 170 cm³/mol. The molecule has 0 spiro atoms. The van der Waals surface area contributed by atoms with E-state index in [0.717, 1.165) is 5.56 Å². The number of rotatable bonds is 18. The zero-order valence-electron chi connectivity index (χ0n) is 25.4. The molecule has 1 aromatic rings. The SMILES string of the molecule is CCCC(=O)NCC(=O)N[C@@H](CS)C(=O)N[C@@H](Cc1ccccc1)C(=O)N1CCC[C@H]1C(=O)N[C@@H](CCCN=C(N)N)C(=O)O. The molecular weight excluding hydrogens is 604 g/mol. The molecule has 4 atom stereocenters. The zero-order valence-corrected chi connectivity index (χ0v) is 26.3. The highest BCUT2D eigenvalue weighted by Crippen LogP contribution is 2.20. The summed E-state index contributed by atoms with van der Waals surface area (Å²) in [6.07, 6.45) is 2.16. The Morgan fingerprint density at radius 1 is 1.02 bits per heavy atom. The van der Waals surface area contributed by atoms with Crippen LogP contribution in [0.3, 0.4) is 0 Å². The van der Waals surface area contributed by atoms with Crippen LogP contribution in [-0.4, -0.2) is 101 Å². The first-order chi connectivity index (χ1) is 21.5. The van der Waals surface area contributed by atoms with Crippen molar-refractivity contribution in [3.8, 4) is 0 Å². The second kappa shape index (κ2) is 19.1. The molecule has 45 heavy (non-hydrogen) atoms. The average molecular weight is 649 g/mol. The van der Waals surface area contributed by atoms with E-state index in [9.17, 15) is 33.9 Å². The fraction of sp³-hybridized carbons (Fsp3) is 0.552. The Hall–Kier alpha value is -4.34. The summed E-state index contributed by atoms with van der Waals surface area (Å²) in [5.41, 5.74) is 11.3. The van der Waals surface area contributed by atoms with Gasteiger partial charge < -0.3 is 42.7 Å². The van der Waals surface area contributed by atoms with Crippen molar-refractivity contribution in [2.75, 3.05) is 25.4 Å². The first kappa shape index (κ1) is 36.8. The molecule has 1 aromatic carbocycles. The molecule has 0 saturated carbocycles. The fourth-order valence-corrected chi connectivity index (χ4v) is 5.05. The topological polar surface area (TPSA) is 238 Å². The van der Waals surface area contributed by atoms with Crippen LogP contribution in [0, 0.1) is 0 Å². The Morgan fingerprint density at radius 2 is 1.73 bits per heavy atom. The van der Waals surface area contributed by atoms with E-state index in [1.807, 2.05) is 13.0 Å². The number of amides is 5. The molecule has 0 radical (unpaired) electrons. The zero-order chi connectivity index (χ0) is 33.4. The Morgan fingerprint density at radius 3 is 2.36 bits per heavy atom. The van der Waals surface area contributed by atoms with Gasteiger partial charge in [0.2, 0.25) is 29.5 Å². The monoisotopic (exact) mass is 648 g/mol. The molecule has 0 aromatic heterocycles. The molecule has 1 fully saturated rings. The number of benzene rings is 1. The van der Waals surface area contributed by atoms with Crippen molar-refractivity contribution < 1.29 is 33.9 Å². The number of carboxylic acids is 1. The van der Waals surface area contributed by atoms with Crippen LogP contribution in [-0.2, 0) is 35.2 Å². The molecule has 1 saturated heterocycles. The predicted octanol–water partition coefficient (Wildman–Crippen LogP) is -1.34. The van der Waals surface area contributed by atoms with Gasteiger partial charge in [-0.1, -0.05) is 37.3 Å². The minimum atomic E-state index is -1.23. The molecule has 1 aliphatic rings. The van der Waals surface area contributed by atoms with Crippen molar-refractivity contribution in [1.82, 2.24) is 26.2 Å². The first-order valence-electron chi connectivity index (χ1n) is 14.9. The Kier molecular flexibility index (Phi) is 15.7. The summed E-state index contributed by atoms with van der Waals surface area (Å²) in [6.45, 7) is 1.93. The second-order valence-electron chi connectivity index (χ2n) is 10.6. The summed E-state index contributed by atoms with van der Waals surface area (Å²) in [4.78, 5) is 81.5. The maximum Gasteiger partial charge on any atom is 0.326 e. The van der Waals surface area contributed by atoms with Crippen LogP contribution in [0.4, 0.5) is 0 Å². The second-order valence-corrected chi connectivity index (χ2v) is 11.0. The van der Waals surface area contributed by atoms with Crippen molar-refractivity contribution in [2.24, 2.45) is 16.5 Å². The lowest BCUT2D eigenvalue weighted by Crippen LogP contribution is -2.58. The number of aliphatic carboxylic acids is 1. The van der Waals surface area contributed by atoms with Gasteiger partial charge in [-0.15, -0.1) is 0 Å². The standard InChI is InChI=1S/C29H44N8O7S/c1-2-8-23(38)33-16-24(39)34-21(17-45)25(40)36-20(15-18-9-4-3-5-10-18)27(42)37-14-7-12-22(37)26(41)35-19(28(43)44)11-6-13-32-29(30)31/h3-5,9-10,19-22,45H,2,6-8,11-17H2,1H3,(H,33,38)(H,34,39)(H,35,41)(H,36,40)(H,43,44)(H4,30,31,32)/t19-,20-,21-,22-/m0/s1. The largest absolute Gasteiger partial charge is 0.480 e. The van der Waals surface area contributed by atoms with Crippen LogP contribution in [0.2, 0.25) is 0 Å². The van der Waals surface area contributed by atoms with Crippen molar-refractivity contribution in [3.05, 3.63) is 35.9 Å². The van der Waals surface area contributed by atoms with Crippen LogP contribution in [0.5, 0.6) is 0 Å². The van der Waals surface area contributed by atoms with Crippen molar-refractivity contribution >= 4 is 54.1 Å². The summed E-state index contributed by atoms with van der Waals surface area (Å²) in [5.74, 6) is -4.14. The third kappa shape index (κ3) is 12.7. The quantitative estimate of drug-likeness (QED) is 0.0406. The number of hydrogen-bond acceptors (Lipinski definition) is 8. The smallest absolute Gasteiger partial charge is 0.326 e. The molecule has 248 valence electrons. The van der Waals surface area contributed by atoms with Crippen molar-refractivity contribution in [2.45, 2.75) is 76.0 Å². The number of guanidine groups is 1. The summed E-state index contributed by atoms with van der Waals surface area (Å²) in [5, 5.41) is 19.9. The molecule has 2 rings (SSSR count). The van der Waals surface area contributed by atoms with Gasteiger partial charge in [0.1, 0.15) is 24.2 Å². The lowest BCUT2D eigenvalue weighted by Gasteiger charge is -2.30. The fourth-order valence-electron chi connectivity index (χ4n) is 4.79. The maximum absolute atomic E-state index is 13.9. The van der Waals surface area contributed by atoms with Gasteiger partial charge in [0, 0.05) is 31.7 Å². The number of likely N-dealkylation sites (tertiary alicyclic amines) is 1. The van der Waals surface area contributed by atoms with Gasteiger partial charge >= 0.3 is 5.97 Å². The number of aliphatic imine (C=N–C) groups is 1. The number of thiol groups is 1. The highest BCUT2D eigenvalue weighted by Gasteiger charge is 2.39. The normalized spacial score (nSPS) is 16.0. The third-order valence-corrected chi connectivity index (χ3v) is 7.42. The lowest BCUT2D eigenvalue weighted by molar-refractivity contribution is -0.145. The average Bonchev–Trinajstić information content (AvgIpc) is 3.50. The van der Waals surface area contributed by atoms with E-state index in [4.69, 9.17) is 11.5 Å². The minimum absolute atomic E-state index is 0.0737. The summed E-state index contributed by atoms with van der Waals surface area (Å²) < 4.78 is 0. The van der Waals surface area contributed by atoms with E-state index in [-0.39, 0.29) is 56.5 Å². The molecular formula is C29H44N8O7S. The first-order valence-corrected chi connectivity index (χ1v) is 15.5. The van der Waals surface area contributed by atoms with Crippen molar-refractivity contribution in [1.29, 1.82) is 0 Å². The van der Waals surface area contributed by atoms with Crippen LogP contribution in [0.15, 0.2) is 35.3 Å².